The lowest BCUT2D eigenvalue weighted by atomic mass is 10.2. The minimum atomic E-state index is -0.394. The van der Waals surface area contributed by atoms with Gasteiger partial charge >= 0.3 is 0 Å². The Labute approximate surface area is 108 Å². The first-order chi connectivity index (χ1) is 8.52. The molecule has 0 spiro atoms. The first-order valence-electron chi connectivity index (χ1n) is 5.16. The third-order valence-corrected chi connectivity index (χ3v) is 2.78. The van der Waals surface area contributed by atoms with Crippen molar-refractivity contribution in [2.75, 3.05) is 7.11 Å². The molecular weight excluding hydrogens is 256 g/mol. The van der Waals surface area contributed by atoms with Crippen LogP contribution in [0.2, 0.25) is 5.02 Å². The fourth-order valence-corrected chi connectivity index (χ4v) is 1.67. The van der Waals surface area contributed by atoms with Gasteiger partial charge in [-0.25, -0.2) is 0 Å². The number of nitrogens with zero attached hydrogens (tertiary/aromatic N) is 1. The summed E-state index contributed by atoms with van der Waals surface area (Å²) in [5.41, 5.74) is 0.329. The van der Waals surface area contributed by atoms with Crippen molar-refractivity contribution in [2.24, 2.45) is 0 Å². The second kappa shape index (κ2) is 4.70. The summed E-state index contributed by atoms with van der Waals surface area (Å²) >= 11 is 5.85. The Morgan fingerprint density at radius 3 is 2.78 bits per heavy atom. The molecule has 1 heterocycles. The maximum Gasteiger partial charge on any atom is 0.257 e. The molecule has 6 heteroatoms. The van der Waals surface area contributed by atoms with Crippen LogP contribution in [0.1, 0.15) is 5.56 Å². The first-order valence-corrected chi connectivity index (χ1v) is 5.54. The van der Waals surface area contributed by atoms with Crippen LogP contribution < -0.4 is 10.3 Å². The fourth-order valence-electron chi connectivity index (χ4n) is 1.51. The van der Waals surface area contributed by atoms with Crippen molar-refractivity contribution in [3.05, 3.63) is 39.1 Å². The number of methoxy groups -OCH3 is 1. The molecule has 2 rings (SSSR count). The molecule has 1 aromatic carbocycles. The van der Waals surface area contributed by atoms with E-state index in [1.54, 1.807) is 18.2 Å². The largest absolute Gasteiger partial charge is 0.496 e. The number of benzene rings is 1. The molecular formula is C12H11ClN2O3. The number of hydrogen-bond donors (Lipinski definition) is 2. The monoisotopic (exact) mass is 266 g/mol. The standard InChI is InChI=1S/C12H11ClN2O3/c1-6-11(16)14-10(15-12(6)17)8-4-3-7(13)5-9(8)18-2/h3-5H,1-2H3,(H2,14,15,16,17). The fraction of sp³-hybridized carbons (Fsp3) is 0.167. The molecule has 0 saturated heterocycles. The quantitative estimate of drug-likeness (QED) is 0.873. The minimum Gasteiger partial charge on any atom is -0.496 e. The molecule has 0 aliphatic heterocycles. The summed E-state index contributed by atoms with van der Waals surface area (Å²) in [4.78, 5) is 18.1. The van der Waals surface area contributed by atoms with Crippen LogP contribution in [-0.2, 0) is 0 Å². The lowest BCUT2D eigenvalue weighted by Crippen LogP contribution is -2.12. The number of ether oxygens (including phenoxy) is 1. The van der Waals surface area contributed by atoms with Crippen LogP contribution in [0.25, 0.3) is 11.4 Å². The maximum atomic E-state index is 11.6. The number of aromatic hydroxyl groups is 1. The zero-order chi connectivity index (χ0) is 13.3. The maximum absolute atomic E-state index is 11.6. The highest BCUT2D eigenvalue weighted by atomic mass is 35.5. The van der Waals surface area contributed by atoms with E-state index in [9.17, 15) is 9.90 Å². The third-order valence-electron chi connectivity index (χ3n) is 2.54. The van der Waals surface area contributed by atoms with E-state index >= 15 is 0 Å². The van der Waals surface area contributed by atoms with Gasteiger partial charge in [-0.15, -0.1) is 0 Å². The molecule has 18 heavy (non-hydrogen) atoms. The van der Waals surface area contributed by atoms with Gasteiger partial charge in [-0.3, -0.25) is 4.79 Å². The molecule has 0 amide bonds. The summed E-state index contributed by atoms with van der Waals surface area (Å²) in [7, 11) is 1.49. The summed E-state index contributed by atoms with van der Waals surface area (Å²) in [5.74, 6) is 0.399. The van der Waals surface area contributed by atoms with Gasteiger partial charge in [0.05, 0.1) is 18.2 Å². The van der Waals surface area contributed by atoms with Gasteiger partial charge in [0.25, 0.3) is 5.56 Å². The predicted octanol–water partition coefficient (Wildman–Crippen LogP) is 2.11. The molecule has 5 nitrogen and oxygen atoms in total. The van der Waals surface area contributed by atoms with E-state index in [1.165, 1.54) is 14.0 Å². The van der Waals surface area contributed by atoms with Gasteiger partial charge in [0.2, 0.25) is 5.88 Å². The summed E-state index contributed by atoms with van der Waals surface area (Å²) in [6.45, 7) is 1.49. The Kier molecular flexibility index (Phi) is 3.25. The van der Waals surface area contributed by atoms with Crippen LogP contribution in [0.4, 0.5) is 0 Å². The number of H-pyrrole nitrogens is 1. The van der Waals surface area contributed by atoms with E-state index in [4.69, 9.17) is 16.3 Å². The van der Waals surface area contributed by atoms with Gasteiger partial charge in [0, 0.05) is 5.02 Å². The van der Waals surface area contributed by atoms with E-state index in [0.29, 0.717) is 16.3 Å². The molecule has 0 aliphatic rings. The molecule has 0 atom stereocenters. The molecule has 0 bridgehead atoms. The van der Waals surface area contributed by atoms with Crippen molar-refractivity contribution in [1.29, 1.82) is 0 Å². The molecule has 94 valence electrons. The molecule has 0 fully saturated rings. The molecule has 2 N–H and O–H groups in total. The number of halogens is 1. The molecule has 2 aromatic rings. The van der Waals surface area contributed by atoms with Crippen LogP contribution in [0.15, 0.2) is 23.0 Å². The van der Waals surface area contributed by atoms with Gasteiger partial charge in [0.15, 0.2) is 0 Å². The summed E-state index contributed by atoms with van der Waals surface area (Å²) in [6, 6.07) is 4.91. The lowest BCUT2D eigenvalue weighted by Gasteiger charge is -2.08. The molecule has 0 unspecified atom stereocenters. The predicted molar refractivity (Wildman–Crippen MR) is 68.3 cm³/mol. The second-order valence-corrected chi connectivity index (χ2v) is 4.14. The summed E-state index contributed by atoms with van der Waals surface area (Å²) in [5, 5.41) is 10.1. The second-order valence-electron chi connectivity index (χ2n) is 3.71. The number of aromatic amines is 1. The van der Waals surface area contributed by atoms with Crippen molar-refractivity contribution < 1.29 is 9.84 Å². The van der Waals surface area contributed by atoms with Crippen molar-refractivity contribution in [3.8, 4) is 23.0 Å². The highest BCUT2D eigenvalue weighted by Gasteiger charge is 2.12. The normalized spacial score (nSPS) is 10.4. The first kappa shape index (κ1) is 12.4. The van der Waals surface area contributed by atoms with E-state index in [0.717, 1.165) is 0 Å². The van der Waals surface area contributed by atoms with Crippen LogP contribution in [0, 0.1) is 6.92 Å². The van der Waals surface area contributed by atoms with E-state index in [2.05, 4.69) is 9.97 Å². The van der Waals surface area contributed by atoms with Crippen molar-refractivity contribution in [3.63, 3.8) is 0 Å². The Balaban J connectivity index is 2.66. The summed E-state index contributed by atoms with van der Waals surface area (Å²) < 4.78 is 5.16. The smallest absolute Gasteiger partial charge is 0.257 e. The Morgan fingerprint density at radius 2 is 2.17 bits per heavy atom. The van der Waals surface area contributed by atoms with Crippen LogP contribution >= 0.6 is 11.6 Å². The zero-order valence-electron chi connectivity index (χ0n) is 9.82. The highest BCUT2D eigenvalue weighted by molar-refractivity contribution is 6.30. The minimum absolute atomic E-state index is 0.173. The number of hydrogen-bond acceptors (Lipinski definition) is 4. The van der Waals surface area contributed by atoms with Crippen molar-refractivity contribution >= 4 is 11.6 Å². The molecule has 0 aliphatic carbocycles. The SMILES string of the molecule is COc1cc(Cl)ccc1-c1nc(O)c(C)c(=O)[nH]1. The van der Waals surface area contributed by atoms with E-state index < -0.39 is 5.56 Å². The van der Waals surface area contributed by atoms with Gasteiger partial charge < -0.3 is 14.8 Å². The Bertz CT molecular complexity index is 652. The molecule has 0 radical (unpaired) electrons. The zero-order valence-corrected chi connectivity index (χ0v) is 10.6. The molecule has 0 saturated carbocycles. The van der Waals surface area contributed by atoms with Crippen molar-refractivity contribution in [1.82, 2.24) is 9.97 Å². The number of rotatable bonds is 2. The number of nitrogens with one attached hydrogen (secondary N) is 1. The average molecular weight is 267 g/mol. The van der Waals surface area contributed by atoms with Gasteiger partial charge in [-0.1, -0.05) is 11.6 Å². The van der Waals surface area contributed by atoms with Crippen LogP contribution in [0.5, 0.6) is 11.6 Å². The van der Waals surface area contributed by atoms with Crippen molar-refractivity contribution in [2.45, 2.75) is 6.92 Å². The Hall–Kier alpha value is -2.01. The van der Waals surface area contributed by atoms with E-state index in [1.807, 2.05) is 0 Å². The van der Waals surface area contributed by atoms with E-state index in [-0.39, 0.29) is 17.3 Å². The number of aromatic nitrogens is 2. The van der Waals surface area contributed by atoms with Gasteiger partial charge in [-0.2, -0.15) is 4.98 Å². The Morgan fingerprint density at radius 1 is 1.44 bits per heavy atom. The highest BCUT2D eigenvalue weighted by Crippen LogP contribution is 2.30. The van der Waals surface area contributed by atoms with Gasteiger partial charge in [-0.05, 0) is 25.1 Å². The summed E-state index contributed by atoms with van der Waals surface area (Å²) in [6.07, 6.45) is 0. The third kappa shape index (κ3) is 2.17. The molecule has 1 aromatic heterocycles. The topological polar surface area (TPSA) is 75.2 Å². The van der Waals surface area contributed by atoms with Crippen LogP contribution in [0.3, 0.4) is 0 Å². The average Bonchev–Trinajstić information content (AvgIpc) is 2.35. The lowest BCUT2D eigenvalue weighted by molar-refractivity contribution is 0.415. The van der Waals surface area contributed by atoms with Gasteiger partial charge in [0.1, 0.15) is 11.6 Å². The van der Waals surface area contributed by atoms with Crippen LogP contribution in [-0.4, -0.2) is 22.2 Å².